The smallest absolute Gasteiger partial charge is 0.228 e. The zero-order valence-electron chi connectivity index (χ0n) is 10.9. The molecule has 0 radical (unpaired) electrons. The Bertz CT molecular complexity index is 685. The molecular weight excluding hydrogens is 273 g/mol. The maximum Gasteiger partial charge on any atom is 0.228 e. The highest BCUT2D eigenvalue weighted by atomic mass is 19.1. The number of benzene rings is 1. The molecule has 1 aromatic carbocycles. The predicted molar refractivity (Wildman–Crippen MR) is 74.4 cm³/mol. The van der Waals surface area contributed by atoms with Gasteiger partial charge in [0.2, 0.25) is 5.78 Å². The number of rotatable bonds is 3. The number of allylic oxidation sites excluding steroid dienone is 1. The quantitative estimate of drug-likeness (QED) is 0.836. The highest BCUT2D eigenvalue weighted by Crippen LogP contribution is 2.30. The Morgan fingerprint density at radius 3 is 2.67 bits per heavy atom. The molecule has 0 fully saturated rings. The van der Waals surface area contributed by atoms with Crippen molar-refractivity contribution in [2.75, 3.05) is 0 Å². The second-order valence-corrected chi connectivity index (χ2v) is 4.59. The lowest BCUT2D eigenvalue weighted by atomic mass is 9.80. The van der Waals surface area contributed by atoms with Crippen molar-refractivity contribution in [1.29, 1.82) is 5.26 Å². The van der Waals surface area contributed by atoms with Crippen LogP contribution < -0.4 is 0 Å². The van der Waals surface area contributed by atoms with Crippen LogP contribution in [-0.4, -0.2) is 21.6 Å². The number of ketones is 1. The molecule has 5 heteroatoms. The number of carbonyl (C=O) groups is 1. The molecular formula is C16H12FNO3. The summed E-state index contributed by atoms with van der Waals surface area (Å²) < 4.78 is 14.0. The molecule has 4 nitrogen and oxygen atoms in total. The number of aliphatic hydroxyl groups excluding tert-OH is 1. The third kappa shape index (κ3) is 2.91. The van der Waals surface area contributed by atoms with Gasteiger partial charge in [0.1, 0.15) is 11.7 Å². The van der Waals surface area contributed by atoms with Crippen LogP contribution in [0, 0.1) is 17.2 Å². The zero-order valence-corrected chi connectivity index (χ0v) is 10.9. The van der Waals surface area contributed by atoms with Crippen molar-refractivity contribution in [2.45, 2.75) is 5.60 Å². The van der Waals surface area contributed by atoms with Crippen LogP contribution in [0.5, 0.6) is 0 Å². The molecule has 2 unspecified atom stereocenters. The van der Waals surface area contributed by atoms with E-state index >= 15 is 0 Å². The summed E-state index contributed by atoms with van der Waals surface area (Å²) in [7, 11) is 0. The highest BCUT2D eigenvalue weighted by Gasteiger charge is 2.44. The van der Waals surface area contributed by atoms with Gasteiger partial charge < -0.3 is 10.2 Å². The van der Waals surface area contributed by atoms with E-state index in [1.807, 2.05) is 0 Å². The summed E-state index contributed by atoms with van der Waals surface area (Å²) in [5.74, 6) is -4.00. The van der Waals surface area contributed by atoms with Crippen LogP contribution in [0.25, 0.3) is 6.08 Å². The van der Waals surface area contributed by atoms with E-state index in [0.717, 1.165) is 24.3 Å². The summed E-state index contributed by atoms with van der Waals surface area (Å²) in [5, 5.41) is 28.5. The van der Waals surface area contributed by atoms with E-state index in [9.17, 15) is 19.4 Å². The fourth-order valence-corrected chi connectivity index (χ4v) is 1.97. The van der Waals surface area contributed by atoms with Crippen LogP contribution >= 0.6 is 0 Å². The van der Waals surface area contributed by atoms with Crippen molar-refractivity contribution < 1.29 is 19.4 Å². The second kappa shape index (κ2) is 5.73. The summed E-state index contributed by atoms with van der Waals surface area (Å²) in [4.78, 5) is 12.1. The summed E-state index contributed by atoms with van der Waals surface area (Å²) >= 11 is 0. The van der Waals surface area contributed by atoms with Gasteiger partial charge in [0.25, 0.3) is 0 Å². The number of hydrogen-bond acceptors (Lipinski definition) is 4. The number of halogens is 1. The molecule has 2 N–H and O–H groups in total. The van der Waals surface area contributed by atoms with Gasteiger partial charge in [-0.25, -0.2) is 4.39 Å². The highest BCUT2D eigenvalue weighted by molar-refractivity contribution is 6.05. The number of carbonyl (C=O) groups excluding carboxylic acids is 1. The molecule has 1 aliphatic rings. The number of Topliss-reactive ketones (excluding diaryl/α,β-unsaturated/α-hetero) is 1. The monoisotopic (exact) mass is 285 g/mol. The summed E-state index contributed by atoms with van der Waals surface area (Å²) in [6, 6.07) is 9.97. The molecule has 0 bridgehead atoms. The molecule has 2 rings (SSSR count). The first-order chi connectivity index (χ1) is 9.97. The fraction of sp³-hybridized carbons (Fsp3) is 0.125. The maximum atomic E-state index is 14.0. The summed E-state index contributed by atoms with van der Waals surface area (Å²) in [6.45, 7) is 0. The van der Waals surface area contributed by atoms with E-state index in [4.69, 9.17) is 5.26 Å². The Balaban J connectivity index is 2.33. The van der Waals surface area contributed by atoms with Crippen molar-refractivity contribution in [3.8, 4) is 6.07 Å². The van der Waals surface area contributed by atoms with Gasteiger partial charge in [0.05, 0.1) is 6.07 Å². The Hall–Kier alpha value is -2.71. The first kappa shape index (κ1) is 14.7. The summed E-state index contributed by atoms with van der Waals surface area (Å²) in [5.41, 5.74) is -1.87. The molecule has 0 heterocycles. The van der Waals surface area contributed by atoms with Crippen molar-refractivity contribution in [3.63, 3.8) is 0 Å². The van der Waals surface area contributed by atoms with Crippen LogP contribution in [0.2, 0.25) is 0 Å². The normalized spacial score (nSPS) is 25.1. The van der Waals surface area contributed by atoms with Crippen LogP contribution in [0.4, 0.5) is 4.39 Å². The summed E-state index contributed by atoms with van der Waals surface area (Å²) in [6.07, 6.45) is 3.98. The SMILES string of the molecule is N#CC1C=C(O)C=CC1(O)C(=O)C(F)=Cc1ccccc1. The fourth-order valence-electron chi connectivity index (χ4n) is 1.97. The molecule has 2 atom stereocenters. The molecule has 0 amide bonds. The lowest BCUT2D eigenvalue weighted by Crippen LogP contribution is -2.44. The van der Waals surface area contributed by atoms with Gasteiger partial charge in [-0.3, -0.25) is 4.79 Å². The second-order valence-electron chi connectivity index (χ2n) is 4.59. The van der Waals surface area contributed by atoms with Crippen LogP contribution in [-0.2, 0) is 4.79 Å². The van der Waals surface area contributed by atoms with Crippen molar-refractivity contribution in [1.82, 2.24) is 0 Å². The molecule has 0 saturated heterocycles. The van der Waals surface area contributed by atoms with E-state index in [1.54, 1.807) is 36.4 Å². The molecule has 1 aliphatic carbocycles. The average Bonchev–Trinajstić information content (AvgIpc) is 2.50. The Kier molecular flexibility index (Phi) is 4.01. The number of nitrogens with zero attached hydrogens (tertiary/aromatic N) is 1. The van der Waals surface area contributed by atoms with E-state index in [-0.39, 0.29) is 5.76 Å². The van der Waals surface area contributed by atoms with E-state index in [0.29, 0.717) is 5.56 Å². The van der Waals surface area contributed by atoms with Crippen molar-refractivity contribution >= 4 is 11.9 Å². The molecule has 0 aliphatic heterocycles. The molecule has 106 valence electrons. The standard InChI is InChI=1S/C16H12FNO3/c17-14(8-11-4-2-1-3-5-11)15(20)16(21)7-6-13(19)9-12(16)10-18/h1-9,12,19,21H. The largest absolute Gasteiger partial charge is 0.508 e. The number of nitriles is 1. The van der Waals surface area contributed by atoms with Crippen LogP contribution in [0.15, 0.2) is 60.1 Å². The lowest BCUT2D eigenvalue weighted by molar-refractivity contribution is -0.132. The molecule has 0 aromatic heterocycles. The molecule has 21 heavy (non-hydrogen) atoms. The number of hydrogen-bond donors (Lipinski definition) is 2. The van der Waals surface area contributed by atoms with Gasteiger partial charge in [-0.1, -0.05) is 30.3 Å². The Labute approximate surface area is 120 Å². The van der Waals surface area contributed by atoms with Gasteiger partial charge in [-0.05, 0) is 29.9 Å². The first-order valence-corrected chi connectivity index (χ1v) is 6.16. The van der Waals surface area contributed by atoms with Gasteiger partial charge in [0.15, 0.2) is 11.4 Å². The topological polar surface area (TPSA) is 81.3 Å². The van der Waals surface area contributed by atoms with Crippen molar-refractivity contribution in [2.24, 2.45) is 5.92 Å². The third-order valence-electron chi connectivity index (χ3n) is 3.13. The first-order valence-electron chi connectivity index (χ1n) is 6.16. The van der Waals surface area contributed by atoms with E-state index in [1.165, 1.54) is 0 Å². The zero-order chi connectivity index (χ0) is 15.5. The third-order valence-corrected chi connectivity index (χ3v) is 3.13. The molecule has 0 saturated carbocycles. The van der Waals surface area contributed by atoms with Crippen LogP contribution in [0.1, 0.15) is 5.56 Å². The Morgan fingerprint density at radius 1 is 1.38 bits per heavy atom. The van der Waals surface area contributed by atoms with Gasteiger partial charge in [-0.15, -0.1) is 0 Å². The minimum absolute atomic E-state index is 0.258. The van der Waals surface area contributed by atoms with Crippen molar-refractivity contribution in [3.05, 3.63) is 65.7 Å². The lowest BCUT2D eigenvalue weighted by Gasteiger charge is -2.27. The van der Waals surface area contributed by atoms with E-state index in [2.05, 4.69) is 0 Å². The van der Waals surface area contributed by atoms with Crippen LogP contribution in [0.3, 0.4) is 0 Å². The maximum absolute atomic E-state index is 14.0. The van der Waals surface area contributed by atoms with Gasteiger partial charge >= 0.3 is 0 Å². The van der Waals surface area contributed by atoms with Gasteiger partial charge in [0, 0.05) is 0 Å². The molecule has 1 aromatic rings. The average molecular weight is 285 g/mol. The predicted octanol–water partition coefficient (Wildman–Crippen LogP) is 2.45. The minimum Gasteiger partial charge on any atom is -0.508 e. The Morgan fingerprint density at radius 2 is 2.05 bits per heavy atom. The number of aliphatic hydroxyl groups is 2. The van der Waals surface area contributed by atoms with E-state index < -0.39 is 23.1 Å². The molecule has 0 spiro atoms. The van der Waals surface area contributed by atoms with Gasteiger partial charge in [-0.2, -0.15) is 5.26 Å². The minimum atomic E-state index is -2.32.